The maximum absolute atomic E-state index is 12.5. The van der Waals surface area contributed by atoms with Crippen molar-refractivity contribution >= 4 is 11.6 Å². The molecule has 0 saturated carbocycles. The number of nitrogens with one attached hydrogen (secondary N) is 1. The number of benzene rings is 2. The molecule has 3 rings (SSSR count). The van der Waals surface area contributed by atoms with Crippen molar-refractivity contribution < 1.29 is 9.36 Å². The Morgan fingerprint density at radius 3 is 2.35 bits per heavy atom. The van der Waals surface area contributed by atoms with Crippen molar-refractivity contribution in [2.75, 3.05) is 5.32 Å². The molecule has 4 heteroatoms. The Morgan fingerprint density at radius 1 is 1.00 bits per heavy atom. The highest BCUT2D eigenvalue weighted by atomic mass is 16.1. The van der Waals surface area contributed by atoms with Crippen LogP contribution in [0.3, 0.4) is 0 Å². The van der Waals surface area contributed by atoms with Crippen molar-refractivity contribution in [2.45, 2.75) is 39.8 Å². The van der Waals surface area contributed by atoms with Gasteiger partial charge in [-0.1, -0.05) is 62.4 Å². The number of rotatable bonds is 7. The number of carbonyl (C=O) groups is 1. The predicted octanol–water partition coefficient (Wildman–Crippen LogP) is 3.59. The maximum atomic E-state index is 12.5. The van der Waals surface area contributed by atoms with E-state index in [0.29, 0.717) is 6.54 Å². The van der Waals surface area contributed by atoms with E-state index in [1.807, 2.05) is 41.5 Å². The van der Waals surface area contributed by atoms with Crippen molar-refractivity contribution in [1.82, 2.24) is 4.57 Å². The minimum atomic E-state index is 0.00283. The van der Waals surface area contributed by atoms with E-state index in [9.17, 15) is 4.79 Å². The van der Waals surface area contributed by atoms with Gasteiger partial charge in [0.05, 0.1) is 0 Å². The number of para-hydroxylation sites is 1. The van der Waals surface area contributed by atoms with Gasteiger partial charge >= 0.3 is 0 Å². The monoisotopic (exact) mass is 348 g/mol. The normalized spacial score (nSPS) is 10.7. The standard InChI is InChI=1S/C22H25N3O/c1-3-19-11-8-12-20(4-2)22(19)23-21(26)16-25-14-13-24(17-25)15-18-9-6-5-7-10-18/h5-14,17H,3-4,15-16H2,1-2H3/p+1. The molecule has 0 aliphatic heterocycles. The second-order valence-corrected chi connectivity index (χ2v) is 6.45. The number of nitrogens with zero attached hydrogens (tertiary/aromatic N) is 2. The number of hydrogen-bond acceptors (Lipinski definition) is 1. The Labute approximate surface area is 155 Å². The van der Waals surface area contributed by atoms with Crippen LogP contribution in [-0.4, -0.2) is 10.5 Å². The summed E-state index contributed by atoms with van der Waals surface area (Å²) in [6.45, 7) is 5.34. The van der Waals surface area contributed by atoms with Crippen molar-refractivity contribution in [3.8, 4) is 0 Å². The molecule has 0 saturated heterocycles. The number of imidazole rings is 1. The third kappa shape index (κ3) is 4.39. The first-order valence-corrected chi connectivity index (χ1v) is 9.19. The zero-order valence-corrected chi connectivity index (χ0v) is 15.5. The molecule has 0 radical (unpaired) electrons. The first-order chi connectivity index (χ1) is 12.7. The zero-order valence-electron chi connectivity index (χ0n) is 15.5. The third-order valence-corrected chi connectivity index (χ3v) is 4.54. The summed E-state index contributed by atoms with van der Waals surface area (Å²) in [7, 11) is 0. The molecule has 1 heterocycles. The van der Waals surface area contributed by atoms with Gasteiger partial charge in [-0.2, -0.15) is 0 Å². The van der Waals surface area contributed by atoms with Gasteiger partial charge in [0.1, 0.15) is 18.9 Å². The largest absolute Gasteiger partial charge is 0.322 e. The van der Waals surface area contributed by atoms with Crippen LogP contribution >= 0.6 is 0 Å². The second-order valence-electron chi connectivity index (χ2n) is 6.45. The topological polar surface area (TPSA) is 37.9 Å². The number of aryl methyl sites for hydroxylation is 2. The lowest BCUT2D eigenvalue weighted by Crippen LogP contribution is -2.32. The number of anilines is 1. The van der Waals surface area contributed by atoms with Crippen LogP contribution < -0.4 is 9.88 Å². The lowest BCUT2D eigenvalue weighted by atomic mass is 10.0. The summed E-state index contributed by atoms with van der Waals surface area (Å²) < 4.78 is 4.00. The third-order valence-electron chi connectivity index (χ3n) is 4.54. The fourth-order valence-corrected chi connectivity index (χ4v) is 3.17. The van der Waals surface area contributed by atoms with Gasteiger partial charge in [-0.3, -0.25) is 4.79 Å². The summed E-state index contributed by atoms with van der Waals surface area (Å²) in [6.07, 6.45) is 7.72. The van der Waals surface area contributed by atoms with Crippen LogP contribution in [0, 0.1) is 0 Å². The summed E-state index contributed by atoms with van der Waals surface area (Å²) in [6, 6.07) is 16.5. The molecule has 3 aromatic rings. The van der Waals surface area contributed by atoms with Crippen molar-refractivity contribution in [3.05, 3.63) is 83.9 Å². The van der Waals surface area contributed by atoms with E-state index in [-0.39, 0.29) is 5.91 Å². The Hall–Kier alpha value is -2.88. The number of aromatic nitrogens is 2. The molecule has 134 valence electrons. The number of carbonyl (C=O) groups excluding carboxylic acids is 1. The lowest BCUT2D eigenvalue weighted by Gasteiger charge is -2.13. The molecule has 0 bridgehead atoms. The molecular weight excluding hydrogens is 322 g/mol. The van der Waals surface area contributed by atoms with Gasteiger partial charge in [0, 0.05) is 5.69 Å². The Morgan fingerprint density at radius 2 is 1.69 bits per heavy atom. The molecule has 0 atom stereocenters. The van der Waals surface area contributed by atoms with Crippen LogP contribution in [0.1, 0.15) is 30.5 Å². The molecule has 1 aromatic heterocycles. The summed E-state index contributed by atoms with van der Waals surface area (Å²) in [5.41, 5.74) is 4.59. The Balaban J connectivity index is 1.66. The van der Waals surface area contributed by atoms with Gasteiger partial charge in [0.25, 0.3) is 5.91 Å². The second kappa shape index (κ2) is 8.48. The van der Waals surface area contributed by atoms with Crippen LogP contribution in [0.25, 0.3) is 0 Å². The minimum absolute atomic E-state index is 0.00283. The van der Waals surface area contributed by atoms with Crippen molar-refractivity contribution in [2.24, 2.45) is 0 Å². The molecule has 4 nitrogen and oxygen atoms in total. The molecule has 1 amide bonds. The van der Waals surface area contributed by atoms with Gasteiger partial charge in [0.2, 0.25) is 6.33 Å². The van der Waals surface area contributed by atoms with E-state index in [2.05, 4.69) is 54.1 Å². The van der Waals surface area contributed by atoms with Crippen LogP contribution in [-0.2, 0) is 30.7 Å². The van der Waals surface area contributed by atoms with Gasteiger partial charge in [-0.15, -0.1) is 0 Å². The summed E-state index contributed by atoms with van der Waals surface area (Å²) >= 11 is 0. The van der Waals surface area contributed by atoms with Crippen LogP contribution in [0.15, 0.2) is 67.3 Å². The van der Waals surface area contributed by atoms with Gasteiger partial charge < -0.3 is 5.32 Å². The lowest BCUT2D eigenvalue weighted by molar-refractivity contribution is -0.687. The van der Waals surface area contributed by atoms with E-state index >= 15 is 0 Å². The van der Waals surface area contributed by atoms with Crippen LogP contribution in [0.4, 0.5) is 5.69 Å². The minimum Gasteiger partial charge on any atom is -0.322 e. The molecule has 0 aliphatic rings. The van der Waals surface area contributed by atoms with Gasteiger partial charge in [-0.25, -0.2) is 9.13 Å². The Kier molecular flexibility index (Phi) is 5.84. The molecule has 0 spiro atoms. The molecule has 0 unspecified atom stereocenters. The summed E-state index contributed by atoms with van der Waals surface area (Å²) in [5, 5.41) is 3.12. The van der Waals surface area contributed by atoms with E-state index in [4.69, 9.17) is 0 Å². The highest BCUT2D eigenvalue weighted by molar-refractivity contribution is 5.92. The molecule has 1 N–H and O–H groups in total. The highest BCUT2D eigenvalue weighted by Gasteiger charge is 2.13. The van der Waals surface area contributed by atoms with E-state index < -0.39 is 0 Å². The molecule has 0 aliphatic carbocycles. The quantitative estimate of drug-likeness (QED) is 0.651. The first kappa shape index (κ1) is 17.9. The summed E-state index contributed by atoms with van der Waals surface area (Å²) in [4.78, 5) is 12.5. The highest BCUT2D eigenvalue weighted by Crippen LogP contribution is 2.22. The molecule has 2 aromatic carbocycles. The van der Waals surface area contributed by atoms with Crippen LogP contribution in [0.2, 0.25) is 0 Å². The van der Waals surface area contributed by atoms with Crippen LogP contribution in [0.5, 0.6) is 0 Å². The van der Waals surface area contributed by atoms with Crippen molar-refractivity contribution in [1.29, 1.82) is 0 Å². The van der Waals surface area contributed by atoms with E-state index in [0.717, 1.165) is 25.1 Å². The first-order valence-electron chi connectivity index (χ1n) is 9.19. The zero-order chi connectivity index (χ0) is 18.4. The fraction of sp³-hybridized carbons (Fsp3) is 0.273. The van der Waals surface area contributed by atoms with Crippen molar-refractivity contribution in [3.63, 3.8) is 0 Å². The molecular formula is C22H26N3O+. The number of hydrogen-bond donors (Lipinski definition) is 1. The van der Waals surface area contributed by atoms with Gasteiger partial charge in [0.15, 0.2) is 6.54 Å². The molecule has 0 fully saturated rings. The average molecular weight is 348 g/mol. The smallest absolute Gasteiger partial charge is 0.266 e. The van der Waals surface area contributed by atoms with E-state index in [1.165, 1.54) is 16.7 Å². The van der Waals surface area contributed by atoms with E-state index in [1.54, 1.807) is 0 Å². The molecule has 26 heavy (non-hydrogen) atoms. The Bertz CT molecular complexity index is 846. The summed E-state index contributed by atoms with van der Waals surface area (Å²) in [5.74, 6) is 0.00283. The SMILES string of the molecule is CCc1cccc(CC)c1NC(=O)Cn1cc[n+](Cc2ccccc2)c1. The van der Waals surface area contributed by atoms with Gasteiger partial charge in [-0.05, 0) is 29.5 Å². The fourth-order valence-electron chi connectivity index (χ4n) is 3.17. The number of amides is 1. The predicted molar refractivity (Wildman–Crippen MR) is 104 cm³/mol. The maximum Gasteiger partial charge on any atom is 0.266 e. The average Bonchev–Trinajstić information content (AvgIpc) is 3.09.